The maximum absolute atomic E-state index is 14.5. The van der Waals surface area contributed by atoms with Crippen molar-refractivity contribution in [3.63, 3.8) is 0 Å². The standard InChI is InChI=1S/C26H26F2N6OS/c1-15-12-33(13-16(2)32(15)3)23-7-6-21-24(31-23)25-17(8-9-35-21)10-22(36-25)26-29-14-30-34(26)20-5-4-18(27)11-19(20)28/h4-7,10-11,14-16H,8-9,12-13H2,1-3H3. The SMILES string of the molecule is CC1CN(c2ccc3c(n2)-c2sc(-c4ncnn4-c4ccc(F)cc4F)cc2CCO3)CC(C)N1C. The van der Waals surface area contributed by atoms with Crippen LogP contribution in [0.25, 0.3) is 27.0 Å². The average Bonchev–Trinajstić information content (AvgIpc) is 3.46. The van der Waals surface area contributed by atoms with Gasteiger partial charge in [-0.25, -0.2) is 23.4 Å². The minimum absolute atomic E-state index is 0.148. The van der Waals surface area contributed by atoms with Gasteiger partial charge >= 0.3 is 0 Å². The first-order valence-electron chi connectivity index (χ1n) is 12.0. The van der Waals surface area contributed by atoms with E-state index in [0.717, 1.165) is 58.2 Å². The van der Waals surface area contributed by atoms with Gasteiger partial charge < -0.3 is 9.64 Å². The predicted octanol–water partition coefficient (Wildman–Crippen LogP) is 4.80. The molecule has 0 aliphatic carbocycles. The third-order valence-corrected chi connectivity index (χ3v) is 8.27. The van der Waals surface area contributed by atoms with Gasteiger partial charge in [0.05, 0.1) is 16.4 Å². The molecule has 0 N–H and O–H groups in total. The molecule has 0 spiro atoms. The van der Waals surface area contributed by atoms with Gasteiger partial charge in [0, 0.05) is 37.7 Å². The highest BCUT2D eigenvalue weighted by atomic mass is 32.1. The Labute approximate surface area is 212 Å². The molecule has 1 aromatic carbocycles. The lowest BCUT2D eigenvalue weighted by atomic mass is 10.1. The zero-order valence-electron chi connectivity index (χ0n) is 20.3. The molecule has 7 nitrogen and oxygen atoms in total. The molecule has 0 saturated carbocycles. The van der Waals surface area contributed by atoms with E-state index in [1.807, 2.05) is 12.1 Å². The van der Waals surface area contributed by atoms with Crippen LogP contribution in [0.5, 0.6) is 5.75 Å². The Bertz CT molecular complexity index is 1420. The number of aromatic nitrogens is 4. The molecule has 0 radical (unpaired) electrons. The molecule has 2 atom stereocenters. The van der Waals surface area contributed by atoms with Gasteiger partial charge in [0.25, 0.3) is 0 Å². The molecule has 5 heterocycles. The first kappa shape index (κ1) is 23.1. The third-order valence-electron chi connectivity index (χ3n) is 7.09. The zero-order valence-corrected chi connectivity index (χ0v) is 21.1. The molecular formula is C26H26F2N6OS. The number of nitrogens with zero attached hydrogens (tertiary/aromatic N) is 6. The monoisotopic (exact) mass is 508 g/mol. The molecule has 0 amide bonds. The molecule has 0 bridgehead atoms. The second kappa shape index (κ2) is 8.94. The molecule has 36 heavy (non-hydrogen) atoms. The van der Waals surface area contributed by atoms with Crippen molar-refractivity contribution in [2.24, 2.45) is 0 Å². The van der Waals surface area contributed by atoms with Crippen molar-refractivity contribution in [1.29, 1.82) is 0 Å². The van der Waals surface area contributed by atoms with Crippen molar-refractivity contribution in [2.45, 2.75) is 32.4 Å². The first-order chi connectivity index (χ1) is 17.4. The lowest BCUT2D eigenvalue weighted by Crippen LogP contribution is -2.55. The van der Waals surface area contributed by atoms with Crippen LogP contribution in [0.1, 0.15) is 19.4 Å². The molecule has 1 saturated heterocycles. The van der Waals surface area contributed by atoms with Gasteiger partial charge in [0.2, 0.25) is 0 Å². The maximum Gasteiger partial charge on any atom is 0.173 e. The fourth-order valence-corrected chi connectivity index (χ4v) is 6.10. The van der Waals surface area contributed by atoms with Crippen LogP contribution >= 0.6 is 11.3 Å². The Kier molecular flexibility index (Phi) is 5.72. The summed E-state index contributed by atoms with van der Waals surface area (Å²) in [5, 5.41) is 4.22. The topological polar surface area (TPSA) is 59.3 Å². The van der Waals surface area contributed by atoms with Gasteiger partial charge in [-0.2, -0.15) is 5.10 Å². The highest BCUT2D eigenvalue weighted by Crippen LogP contribution is 2.43. The third kappa shape index (κ3) is 3.94. The second-order valence-electron chi connectivity index (χ2n) is 9.44. The van der Waals surface area contributed by atoms with Gasteiger partial charge in [0.15, 0.2) is 11.6 Å². The quantitative estimate of drug-likeness (QED) is 0.396. The predicted molar refractivity (Wildman–Crippen MR) is 136 cm³/mol. The lowest BCUT2D eigenvalue weighted by Gasteiger charge is -2.43. The van der Waals surface area contributed by atoms with Crippen LogP contribution in [-0.2, 0) is 6.42 Å². The van der Waals surface area contributed by atoms with Gasteiger partial charge in [-0.05, 0) is 56.8 Å². The van der Waals surface area contributed by atoms with Gasteiger partial charge in [-0.3, -0.25) is 4.90 Å². The average molecular weight is 509 g/mol. The summed E-state index contributed by atoms with van der Waals surface area (Å²) in [6, 6.07) is 10.4. The minimum atomic E-state index is -0.694. The van der Waals surface area contributed by atoms with Crippen LogP contribution in [0.4, 0.5) is 14.6 Å². The van der Waals surface area contributed by atoms with Crippen molar-refractivity contribution >= 4 is 17.2 Å². The number of ether oxygens (including phenoxy) is 1. The van der Waals surface area contributed by atoms with E-state index in [9.17, 15) is 8.78 Å². The maximum atomic E-state index is 14.5. The largest absolute Gasteiger partial charge is 0.491 e. The number of likely N-dealkylation sites (N-methyl/N-ethyl adjacent to an activating group) is 1. The van der Waals surface area contributed by atoms with E-state index < -0.39 is 11.6 Å². The molecule has 10 heteroatoms. The number of anilines is 1. The van der Waals surface area contributed by atoms with Crippen LogP contribution < -0.4 is 9.64 Å². The highest BCUT2D eigenvalue weighted by molar-refractivity contribution is 7.19. The highest BCUT2D eigenvalue weighted by Gasteiger charge is 2.29. The first-order valence-corrected chi connectivity index (χ1v) is 12.8. The summed E-state index contributed by atoms with van der Waals surface area (Å²) < 4.78 is 35.4. The fourth-order valence-electron chi connectivity index (χ4n) is 4.92. The van der Waals surface area contributed by atoms with E-state index in [1.54, 1.807) is 0 Å². The number of hydrogen-bond donors (Lipinski definition) is 0. The molecule has 6 rings (SSSR count). The lowest BCUT2D eigenvalue weighted by molar-refractivity contribution is 0.169. The number of halogens is 2. The number of benzene rings is 1. The molecule has 2 unspecified atom stereocenters. The fraction of sp³-hybridized carbons (Fsp3) is 0.346. The molecule has 3 aromatic heterocycles. The molecular weight excluding hydrogens is 482 g/mol. The van der Waals surface area contributed by atoms with Crippen molar-refractivity contribution in [3.05, 3.63) is 59.9 Å². The number of fused-ring (bicyclic) bond motifs is 3. The summed E-state index contributed by atoms with van der Waals surface area (Å²) in [7, 11) is 2.17. The van der Waals surface area contributed by atoms with Crippen LogP contribution in [0.3, 0.4) is 0 Å². The van der Waals surface area contributed by atoms with Gasteiger partial charge in [0.1, 0.15) is 35.1 Å². The van der Waals surface area contributed by atoms with Crippen LogP contribution in [-0.4, -0.2) is 63.5 Å². The van der Waals surface area contributed by atoms with Crippen molar-refractivity contribution < 1.29 is 13.5 Å². The number of pyridine rings is 1. The van der Waals surface area contributed by atoms with Crippen LogP contribution in [0.15, 0.2) is 42.7 Å². The molecule has 4 aromatic rings. The van der Waals surface area contributed by atoms with E-state index in [-0.39, 0.29) is 5.69 Å². The molecule has 1 fully saturated rings. The Hall–Kier alpha value is -3.37. The molecule has 2 aliphatic rings. The normalized spacial score (nSPS) is 20.0. The number of thiophene rings is 1. The smallest absolute Gasteiger partial charge is 0.173 e. The van der Waals surface area contributed by atoms with Crippen LogP contribution in [0.2, 0.25) is 0 Å². The van der Waals surface area contributed by atoms with E-state index in [4.69, 9.17) is 9.72 Å². The summed E-state index contributed by atoms with van der Waals surface area (Å²) in [6.45, 7) is 6.82. The number of rotatable bonds is 3. The van der Waals surface area contributed by atoms with Gasteiger partial charge in [-0.1, -0.05) is 0 Å². The molecule has 2 aliphatic heterocycles. The summed E-state index contributed by atoms with van der Waals surface area (Å²) in [6.07, 6.45) is 2.10. The van der Waals surface area contributed by atoms with E-state index in [0.29, 0.717) is 24.5 Å². The number of piperazine rings is 1. The Morgan fingerprint density at radius 2 is 1.86 bits per heavy atom. The van der Waals surface area contributed by atoms with Gasteiger partial charge in [-0.15, -0.1) is 11.3 Å². The van der Waals surface area contributed by atoms with Crippen molar-refractivity contribution in [1.82, 2.24) is 24.6 Å². The minimum Gasteiger partial charge on any atom is -0.491 e. The summed E-state index contributed by atoms with van der Waals surface area (Å²) >= 11 is 1.53. The Morgan fingerprint density at radius 3 is 2.64 bits per heavy atom. The zero-order chi connectivity index (χ0) is 25.0. The summed E-state index contributed by atoms with van der Waals surface area (Å²) in [4.78, 5) is 16.1. The Balaban J connectivity index is 1.40. The summed E-state index contributed by atoms with van der Waals surface area (Å²) in [5.41, 5.74) is 2.07. The van der Waals surface area contributed by atoms with E-state index >= 15 is 0 Å². The van der Waals surface area contributed by atoms with Crippen LogP contribution in [0, 0.1) is 11.6 Å². The van der Waals surface area contributed by atoms with E-state index in [1.165, 1.54) is 34.5 Å². The van der Waals surface area contributed by atoms with Crippen molar-refractivity contribution in [2.75, 3.05) is 31.6 Å². The summed E-state index contributed by atoms with van der Waals surface area (Å²) in [5.74, 6) is 0.860. The Morgan fingerprint density at radius 1 is 1.06 bits per heavy atom. The second-order valence-corrected chi connectivity index (χ2v) is 10.5. The van der Waals surface area contributed by atoms with E-state index in [2.05, 4.69) is 46.8 Å². The van der Waals surface area contributed by atoms with Crippen molar-refractivity contribution in [3.8, 4) is 32.7 Å². The molecule has 186 valence electrons. The number of hydrogen-bond acceptors (Lipinski definition) is 7.